The van der Waals surface area contributed by atoms with Crippen LogP contribution in [0.25, 0.3) is 0 Å². The van der Waals surface area contributed by atoms with Crippen molar-refractivity contribution in [1.29, 1.82) is 0 Å². The molecule has 1 aliphatic heterocycles. The number of hydrogen-bond acceptors (Lipinski definition) is 2. The molecule has 1 aliphatic rings. The van der Waals surface area contributed by atoms with E-state index in [0.717, 1.165) is 13.1 Å². The number of carbonyl (C=O) groups is 1. The Labute approximate surface area is 54.8 Å². The van der Waals surface area contributed by atoms with Crippen LogP contribution in [0.4, 0.5) is 0 Å². The van der Waals surface area contributed by atoms with Crippen LogP contribution in [0.3, 0.4) is 0 Å². The summed E-state index contributed by atoms with van der Waals surface area (Å²) in [7, 11) is 0. The van der Waals surface area contributed by atoms with E-state index in [1.807, 2.05) is 6.92 Å². The molecule has 0 aromatic carbocycles. The lowest BCUT2D eigenvalue weighted by atomic mass is 10.2. The fourth-order valence-corrected chi connectivity index (χ4v) is 0.720. The SMILES string of the molecule is CCC(=O)NC1CNC1. The number of amides is 1. The molecule has 0 aromatic heterocycles. The van der Waals surface area contributed by atoms with E-state index >= 15 is 0 Å². The summed E-state index contributed by atoms with van der Waals surface area (Å²) in [5.74, 6) is 0.154. The van der Waals surface area contributed by atoms with Crippen LogP contribution in [-0.2, 0) is 4.79 Å². The van der Waals surface area contributed by atoms with Crippen molar-refractivity contribution in [3.05, 3.63) is 0 Å². The fourth-order valence-electron chi connectivity index (χ4n) is 0.720. The topological polar surface area (TPSA) is 41.1 Å². The Morgan fingerprint density at radius 2 is 2.44 bits per heavy atom. The van der Waals surface area contributed by atoms with E-state index in [9.17, 15) is 4.79 Å². The molecule has 3 nitrogen and oxygen atoms in total. The fraction of sp³-hybridized carbons (Fsp3) is 0.833. The molecule has 0 aromatic rings. The molecule has 3 heteroatoms. The third-order valence-electron chi connectivity index (χ3n) is 1.47. The lowest BCUT2D eigenvalue weighted by Gasteiger charge is -2.27. The van der Waals surface area contributed by atoms with Crippen molar-refractivity contribution in [1.82, 2.24) is 10.6 Å². The van der Waals surface area contributed by atoms with Crippen molar-refractivity contribution in [2.45, 2.75) is 19.4 Å². The average Bonchev–Trinajstić information content (AvgIpc) is 1.78. The Morgan fingerprint density at radius 1 is 1.78 bits per heavy atom. The van der Waals surface area contributed by atoms with Gasteiger partial charge in [-0.25, -0.2) is 0 Å². The first-order valence-electron chi connectivity index (χ1n) is 3.33. The lowest BCUT2D eigenvalue weighted by Crippen LogP contribution is -2.56. The summed E-state index contributed by atoms with van der Waals surface area (Å²) < 4.78 is 0. The van der Waals surface area contributed by atoms with Crippen molar-refractivity contribution in [2.75, 3.05) is 13.1 Å². The number of rotatable bonds is 2. The molecule has 1 heterocycles. The maximum Gasteiger partial charge on any atom is 0.220 e. The Balaban J connectivity index is 2.09. The zero-order chi connectivity index (χ0) is 6.69. The first-order valence-corrected chi connectivity index (χ1v) is 3.33. The van der Waals surface area contributed by atoms with Crippen molar-refractivity contribution >= 4 is 5.91 Å². The van der Waals surface area contributed by atoms with Crippen LogP contribution in [-0.4, -0.2) is 25.0 Å². The quantitative estimate of drug-likeness (QED) is 0.525. The van der Waals surface area contributed by atoms with Gasteiger partial charge in [0.1, 0.15) is 0 Å². The highest BCUT2D eigenvalue weighted by Gasteiger charge is 2.17. The van der Waals surface area contributed by atoms with Gasteiger partial charge in [-0.1, -0.05) is 6.92 Å². The summed E-state index contributed by atoms with van der Waals surface area (Å²) in [4.78, 5) is 10.7. The molecule has 0 unspecified atom stereocenters. The van der Waals surface area contributed by atoms with Crippen LogP contribution in [0.15, 0.2) is 0 Å². The van der Waals surface area contributed by atoms with Crippen LogP contribution in [0.2, 0.25) is 0 Å². The highest BCUT2D eigenvalue weighted by atomic mass is 16.1. The molecule has 9 heavy (non-hydrogen) atoms. The van der Waals surface area contributed by atoms with Gasteiger partial charge in [-0.3, -0.25) is 4.79 Å². The summed E-state index contributed by atoms with van der Waals surface area (Å²) in [6.45, 7) is 3.74. The maximum atomic E-state index is 10.7. The van der Waals surface area contributed by atoms with Gasteiger partial charge < -0.3 is 10.6 Å². The zero-order valence-electron chi connectivity index (χ0n) is 5.61. The second-order valence-corrected chi connectivity index (χ2v) is 2.28. The van der Waals surface area contributed by atoms with Crippen LogP contribution in [0.1, 0.15) is 13.3 Å². The van der Waals surface area contributed by atoms with E-state index in [4.69, 9.17) is 0 Å². The van der Waals surface area contributed by atoms with Gasteiger partial charge in [0.05, 0.1) is 6.04 Å². The molecule has 0 radical (unpaired) electrons. The third kappa shape index (κ3) is 1.68. The number of carbonyl (C=O) groups excluding carboxylic acids is 1. The van der Waals surface area contributed by atoms with Crippen molar-refractivity contribution in [3.63, 3.8) is 0 Å². The smallest absolute Gasteiger partial charge is 0.220 e. The predicted octanol–water partition coefficient (Wildman–Crippen LogP) is -0.516. The molecule has 1 amide bonds. The van der Waals surface area contributed by atoms with Crippen molar-refractivity contribution in [3.8, 4) is 0 Å². The summed E-state index contributed by atoms with van der Waals surface area (Å²) >= 11 is 0. The molecule has 1 fully saturated rings. The van der Waals surface area contributed by atoms with Gasteiger partial charge in [0, 0.05) is 19.5 Å². The van der Waals surface area contributed by atoms with E-state index < -0.39 is 0 Å². The van der Waals surface area contributed by atoms with Crippen LogP contribution in [0.5, 0.6) is 0 Å². The molecule has 52 valence electrons. The van der Waals surface area contributed by atoms with Gasteiger partial charge in [0.2, 0.25) is 5.91 Å². The molecule has 0 aliphatic carbocycles. The predicted molar refractivity (Wildman–Crippen MR) is 35.1 cm³/mol. The van der Waals surface area contributed by atoms with Crippen molar-refractivity contribution in [2.24, 2.45) is 0 Å². The minimum atomic E-state index is 0.154. The summed E-state index contributed by atoms with van der Waals surface area (Å²) in [5.41, 5.74) is 0. The molecule has 1 rings (SSSR count). The molecule has 1 saturated heterocycles. The number of hydrogen-bond donors (Lipinski definition) is 2. The Bertz CT molecular complexity index is 110. The molecule has 2 N–H and O–H groups in total. The van der Waals surface area contributed by atoms with Gasteiger partial charge in [-0.2, -0.15) is 0 Å². The van der Waals surface area contributed by atoms with Gasteiger partial charge in [-0.05, 0) is 0 Å². The Morgan fingerprint density at radius 3 is 2.78 bits per heavy atom. The molecule has 0 atom stereocenters. The Hall–Kier alpha value is -0.570. The first-order chi connectivity index (χ1) is 4.33. The molecular formula is C6H12N2O. The normalized spacial score (nSPS) is 18.8. The highest BCUT2D eigenvalue weighted by molar-refractivity contribution is 5.75. The first kappa shape index (κ1) is 6.55. The second-order valence-electron chi connectivity index (χ2n) is 2.28. The minimum absolute atomic E-state index is 0.154. The van der Waals surface area contributed by atoms with Crippen LogP contribution < -0.4 is 10.6 Å². The van der Waals surface area contributed by atoms with Gasteiger partial charge in [0.25, 0.3) is 0 Å². The van der Waals surface area contributed by atoms with E-state index in [1.54, 1.807) is 0 Å². The minimum Gasteiger partial charge on any atom is -0.351 e. The molecule has 0 spiro atoms. The summed E-state index contributed by atoms with van der Waals surface area (Å²) in [5, 5.41) is 5.94. The second kappa shape index (κ2) is 2.82. The van der Waals surface area contributed by atoms with Gasteiger partial charge in [0.15, 0.2) is 0 Å². The number of nitrogens with one attached hydrogen (secondary N) is 2. The summed E-state index contributed by atoms with van der Waals surface area (Å²) in [6, 6.07) is 0.400. The molecular weight excluding hydrogens is 116 g/mol. The maximum absolute atomic E-state index is 10.7. The van der Waals surface area contributed by atoms with E-state index in [2.05, 4.69) is 10.6 Å². The average molecular weight is 128 g/mol. The monoisotopic (exact) mass is 128 g/mol. The zero-order valence-corrected chi connectivity index (χ0v) is 5.61. The van der Waals surface area contributed by atoms with Gasteiger partial charge >= 0.3 is 0 Å². The molecule has 0 bridgehead atoms. The van der Waals surface area contributed by atoms with Gasteiger partial charge in [-0.15, -0.1) is 0 Å². The molecule has 0 saturated carbocycles. The summed E-state index contributed by atoms with van der Waals surface area (Å²) in [6.07, 6.45) is 0.594. The van der Waals surface area contributed by atoms with Crippen LogP contribution >= 0.6 is 0 Å². The highest BCUT2D eigenvalue weighted by Crippen LogP contribution is 1.90. The largest absolute Gasteiger partial charge is 0.351 e. The van der Waals surface area contributed by atoms with E-state index in [0.29, 0.717) is 12.5 Å². The Kier molecular flexibility index (Phi) is 2.05. The van der Waals surface area contributed by atoms with Crippen molar-refractivity contribution < 1.29 is 4.79 Å². The van der Waals surface area contributed by atoms with E-state index in [-0.39, 0.29) is 5.91 Å². The van der Waals surface area contributed by atoms with E-state index in [1.165, 1.54) is 0 Å². The van der Waals surface area contributed by atoms with Crippen LogP contribution in [0, 0.1) is 0 Å². The standard InChI is InChI=1S/C6H12N2O/c1-2-6(9)8-5-3-7-4-5/h5,7H,2-4H2,1H3,(H,8,9). The lowest BCUT2D eigenvalue weighted by molar-refractivity contribution is -0.121. The third-order valence-corrected chi connectivity index (χ3v) is 1.47.